The SMILES string of the molecule is CCCNC(=O)CNC(C)c1cn[nH]c1C. The van der Waals surface area contributed by atoms with Gasteiger partial charge >= 0.3 is 0 Å². The van der Waals surface area contributed by atoms with Crippen molar-refractivity contribution in [1.82, 2.24) is 20.8 Å². The molecule has 90 valence electrons. The number of nitrogens with one attached hydrogen (secondary N) is 3. The summed E-state index contributed by atoms with van der Waals surface area (Å²) in [4.78, 5) is 11.4. The van der Waals surface area contributed by atoms with Gasteiger partial charge in [-0.3, -0.25) is 9.89 Å². The van der Waals surface area contributed by atoms with Gasteiger partial charge in [-0.2, -0.15) is 5.10 Å². The summed E-state index contributed by atoms with van der Waals surface area (Å²) in [6, 6.07) is 0.131. The molecule has 0 fully saturated rings. The van der Waals surface area contributed by atoms with E-state index in [0.717, 1.165) is 24.2 Å². The highest BCUT2D eigenvalue weighted by Crippen LogP contribution is 2.13. The number of amides is 1. The third-order valence-electron chi connectivity index (χ3n) is 2.48. The molecule has 0 bridgehead atoms. The normalized spacial score (nSPS) is 12.4. The summed E-state index contributed by atoms with van der Waals surface area (Å²) < 4.78 is 0. The van der Waals surface area contributed by atoms with Gasteiger partial charge in [-0.25, -0.2) is 0 Å². The molecule has 3 N–H and O–H groups in total. The molecular formula is C11H20N4O. The van der Waals surface area contributed by atoms with E-state index in [2.05, 4.69) is 20.8 Å². The van der Waals surface area contributed by atoms with Crippen molar-refractivity contribution < 1.29 is 4.79 Å². The fraction of sp³-hybridized carbons (Fsp3) is 0.636. The molecule has 1 unspecified atom stereocenters. The second kappa shape index (κ2) is 6.27. The highest BCUT2D eigenvalue weighted by molar-refractivity contribution is 5.77. The Morgan fingerprint density at radius 2 is 2.38 bits per heavy atom. The van der Waals surface area contributed by atoms with Crippen molar-refractivity contribution in [2.75, 3.05) is 13.1 Å². The van der Waals surface area contributed by atoms with Crippen LogP contribution in [0.2, 0.25) is 0 Å². The smallest absolute Gasteiger partial charge is 0.233 e. The van der Waals surface area contributed by atoms with Crippen molar-refractivity contribution >= 4 is 5.91 Å². The van der Waals surface area contributed by atoms with Crippen LogP contribution in [0.1, 0.15) is 37.6 Å². The molecule has 0 saturated heterocycles. The Labute approximate surface area is 96.0 Å². The second-order valence-corrected chi connectivity index (χ2v) is 3.90. The van der Waals surface area contributed by atoms with Gasteiger partial charge < -0.3 is 10.6 Å². The first-order valence-corrected chi connectivity index (χ1v) is 5.65. The Morgan fingerprint density at radius 3 is 2.94 bits per heavy atom. The summed E-state index contributed by atoms with van der Waals surface area (Å²) in [6.07, 6.45) is 2.75. The molecule has 0 radical (unpaired) electrons. The van der Waals surface area contributed by atoms with Crippen molar-refractivity contribution in [1.29, 1.82) is 0 Å². The van der Waals surface area contributed by atoms with Crippen LogP contribution >= 0.6 is 0 Å². The largest absolute Gasteiger partial charge is 0.355 e. The minimum Gasteiger partial charge on any atom is -0.355 e. The zero-order valence-electron chi connectivity index (χ0n) is 10.1. The molecular weight excluding hydrogens is 204 g/mol. The first-order chi connectivity index (χ1) is 7.65. The molecule has 1 amide bonds. The molecule has 1 aromatic rings. The summed E-state index contributed by atoms with van der Waals surface area (Å²) in [5.74, 6) is 0.0369. The van der Waals surface area contributed by atoms with Gasteiger partial charge in [-0.1, -0.05) is 6.92 Å². The predicted octanol–water partition coefficient (Wildman–Crippen LogP) is 0.895. The number of carbonyl (C=O) groups is 1. The third-order valence-corrected chi connectivity index (χ3v) is 2.48. The number of aromatic amines is 1. The van der Waals surface area contributed by atoms with Crippen molar-refractivity contribution in [3.05, 3.63) is 17.5 Å². The second-order valence-electron chi connectivity index (χ2n) is 3.90. The highest BCUT2D eigenvalue weighted by Gasteiger charge is 2.10. The molecule has 5 heteroatoms. The monoisotopic (exact) mass is 224 g/mol. The van der Waals surface area contributed by atoms with Crippen LogP contribution in [-0.2, 0) is 4.79 Å². The van der Waals surface area contributed by atoms with Gasteiger partial charge in [-0.15, -0.1) is 0 Å². The minimum absolute atomic E-state index is 0.0369. The van der Waals surface area contributed by atoms with Gasteiger partial charge in [0.2, 0.25) is 5.91 Å². The Bertz CT molecular complexity index is 334. The lowest BCUT2D eigenvalue weighted by molar-refractivity contribution is -0.120. The third kappa shape index (κ3) is 3.66. The number of aromatic nitrogens is 2. The lowest BCUT2D eigenvalue weighted by Crippen LogP contribution is -2.35. The number of carbonyl (C=O) groups excluding carboxylic acids is 1. The molecule has 16 heavy (non-hydrogen) atoms. The Hall–Kier alpha value is -1.36. The van der Waals surface area contributed by atoms with Crippen LogP contribution in [0.15, 0.2) is 6.20 Å². The van der Waals surface area contributed by atoms with Crippen molar-refractivity contribution in [3.8, 4) is 0 Å². The topological polar surface area (TPSA) is 69.8 Å². The summed E-state index contributed by atoms with van der Waals surface area (Å²) in [5, 5.41) is 12.8. The summed E-state index contributed by atoms with van der Waals surface area (Å²) in [5.41, 5.74) is 2.14. The van der Waals surface area contributed by atoms with Crippen molar-refractivity contribution in [2.45, 2.75) is 33.2 Å². The Balaban J connectivity index is 2.33. The maximum Gasteiger partial charge on any atom is 0.233 e. The first kappa shape index (κ1) is 12.7. The molecule has 1 heterocycles. The van der Waals surface area contributed by atoms with Gasteiger partial charge in [0.15, 0.2) is 0 Å². The van der Waals surface area contributed by atoms with E-state index in [1.807, 2.05) is 20.8 Å². The maximum absolute atomic E-state index is 11.4. The zero-order valence-corrected chi connectivity index (χ0v) is 10.1. The Morgan fingerprint density at radius 1 is 1.62 bits per heavy atom. The fourth-order valence-electron chi connectivity index (χ4n) is 1.48. The van der Waals surface area contributed by atoms with Crippen LogP contribution in [0, 0.1) is 6.92 Å². The van der Waals surface area contributed by atoms with Gasteiger partial charge in [0.05, 0.1) is 12.7 Å². The van der Waals surface area contributed by atoms with Gasteiger partial charge in [0, 0.05) is 23.8 Å². The van der Waals surface area contributed by atoms with Crippen molar-refractivity contribution in [3.63, 3.8) is 0 Å². The number of aryl methyl sites for hydroxylation is 1. The van der Waals surface area contributed by atoms with Gasteiger partial charge in [-0.05, 0) is 20.3 Å². The molecule has 5 nitrogen and oxygen atoms in total. The van der Waals surface area contributed by atoms with Crippen molar-refractivity contribution in [2.24, 2.45) is 0 Å². The average molecular weight is 224 g/mol. The molecule has 0 spiro atoms. The van der Waals surface area contributed by atoms with E-state index in [9.17, 15) is 4.79 Å². The molecule has 1 atom stereocenters. The predicted molar refractivity (Wildman–Crippen MR) is 63.0 cm³/mol. The molecule has 0 aromatic carbocycles. The standard InChI is InChI=1S/C11H20N4O/c1-4-5-12-11(16)7-13-8(2)10-6-14-15-9(10)3/h6,8,13H,4-5,7H2,1-3H3,(H,12,16)(H,14,15). The van der Waals surface area contributed by atoms with Crippen LogP contribution < -0.4 is 10.6 Å². The van der Waals surface area contributed by atoms with Crippen LogP contribution in [-0.4, -0.2) is 29.2 Å². The summed E-state index contributed by atoms with van der Waals surface area (Å²) in [7, 11) is 0. The number of hydrogen-bond acceptors (Lipinski definition) is 3. The van der Waals surface area contributed by atoms with E-state index in [0.29, 0.717) is 6.54 Å². The van der Waals surface area contributed by atoms with E-state index < -0.39 is 0 Å². The van der Waals surface area contributed by atoms with E-state index in [1.165, 1.54) is 0 Å². The Kier molecular flexibility index (Phi) is 4.98. The lowest BCUT2D eigenvalue weighted by Gasteiger charge is -2.12. The number of hydrogen-bond donors (Lipinski definition) is 3. The number of nitrogens with zero attached hydrogens (tertiary/aromatic N) is 1. The van der Waals surface area contributed by atoms with E-state index in [-0.39, 0.29) is 11.9 Å². The van der Waals surface area contributed by atoms with E-state index in [1.54, 1.807) is 6.20 Å². The summed E-state index contributed by atoms with van der Waals surface area (Å²) >= 11 is 0. The summed E-state index contributed by atoms with van der Waals surface area (Å²) in [6.45, 7) is 7.10. The average Bonchev–Trinajstić information content (AvgIpc) is 2.69. The van der Waals surface area contributed by atoms with E-state index in [4.69, 9.17) is 0 Å². The number of rotatable bonds is 6. The van der Waals surface area contributed by atoms with Crippen LogP contribution in [0.25, 0.3) is 0 Å². The molecule has 0 aliphatic carbocycles. The van der Waals surface area contributed by atoms with Crippen LogP contribution in [0.4, 0.5) is 0 Å². The molecule has 1 rings (SSSR count). The van der Waals surface area contributed by atoms with Gasteiger partial charge in [0.1, 0.15) is 0 Å². The van der Waals surface area contributed by atoms with Crippen LogP contribution in [0.5, 0.6) is 0 Å². The molecule has 1 aromatic heterocycles. The molecule has 0 aliphatic rings. The fourth-order valence-corrected chi connectivity index (χ4v) is 1.48. The van der Waals surface area contributed by atoms with Crippen LogP contribution in [0.3, 0.4) is 0 Å². The molecule has 0 aliphatic heterocycles. The molecule has 0 saturated carbocycles. The van der Waals surface area contributed by atoms with Gasteiger partial charge in [0.25, 0.3) is 0 Å². The number of H-pyrrole nitrogens is 1. The quantitative estimate of drug-likeness (QED) is 0.672. The first-order valence-electron chi connectivity index (χ1n) is 5.65. The maximum atomic E-state index is 11.4. The highest BCUT2D eigenvalue weighted by atomic mass is 16.1. The lowest BCUT2D eigenvalue weighted by atomic mass is 10.1. The van der Waals surface area contributed by atoms with E-state index >= 15 is 0 Å². The zero-order chi connectivity index (χ0) is 12.0. The minimum atomic E-state index is 0.0369.